The number of benzene rings is 1. The minimum atomic E-state index is 0.519. The molecule has 0 atom stereocenters. The van der Waals surface area contributed by atoms with Gasteiger partial charge in [0.25, 0.3) is 0 Å². The summed E-state index contributed by atoms with van der Waals surface area (Å²) < 4.78 is 0. The van der Waals surface area contributed by atoms with Crippen LogP contribution in [-0.2, 0) is 12.3 Å². The Hall–Kier alpha value is -1.54. The summed E-state index contributed by atoms with van der Waals surface area (Å²) in [4.78, 5) is 6.87. The van der Waals surface area contributed by atoms with Crippen molar-refractivity contribution >= 4 is 23.1 Å². The lowest BCUT2D eigenvalue weighted by molar-refractivity contribution is 0.963. The zero-order chi connectivity index (χ0) is 12.5. The van der Waals surface area contributed by atoms with Gasteiger partial charge in [-0.15, -0.1) is 11.6 Å². The second-order valence-electron chi connectivity index (χ2n) is 4.65. The number of aromatic nitrogens is 1. The number of aryl methyl sites for hydroxylation is 1. The number of anilines is 2. The molecule has 0 amide bonds. The molecule has 0 N–H and O–H groups in total. The Morgan fingerprint density at radius 1 is 1.33 bits per heavy atom. The summed E-state index contributed by atoms with van der Waals surface area (Å²) in [5.74, 6) is 1.57. The van der Waals surface area contributed by atoms with Crippen LogP contribution in [-0.4, -0.2) is 11.5 Å². The SMILES string of the molecule is Cc1cc(CCl)cnc1N1CCc2ccccc21. The maximum atomic E-state index is 5.84. The van der Waals surface area contributed by atoms with Crippen LogP contribution in [0.5, 0.6) is 0 Å². The fourth-order valence-electron chi connectivity index (χ4n) is 2.54. The number of pyridine rings is 1. The van der Waals surface area contributed by atoms with Crippen LogP contribution < -0.4 is 4.90 Å². The molecular weight excluding hydrogens is 244 g/mol. The monoisotopic (exact) mass is 258 g/mol. The van der Waals surface area contributed by atoms with Crippen molar-refractivity contribution in [1.82, 2.24) is 4.98 Å². The van der Waals surface area contributed by atoms with Gasteiger partial charge in [-0.3, -0.25) is 0 Å². The molecule has 0 aliphatic carbocycles. The minimum Gasteiger partial charge on any atom is -0.326 e. The van der Waals surface area contributed by atoms with Gasteiger partial charge in [-0.25, -0.2) is 4.98 Å². The van der Waals surface area contributed by atoms with Gasteiger partial charge in [0.1, 0.15) is 5.82 Å². The first-order valence-electron chi connectivity index (χ1n) is 6.16. The highest BCUT2D eigenvalue weighted by atomic mass is 35.5. The third-order valence-corrected chi connectivity index (χ3v) is 3.71. The van der Waals surface area contributed by atoms with Crippen molar-refractivity contribution < 1.29 is 0 Å². The number of para-hydroxylation sites is 1. The predicted octanol–water partition coefficient (Wildman–Crippen LogP) is 3.82. The van der Waals surface area contributed by atoms with Crippen LogP contribution >= 0.6 is 11.6 Å². The normalized spacial score (nSPS) is 13.8. The van der Waals surface area contributed by atoms with E-state index in [0.717, 1.165) is 24.3 Å². The number of alkyl halides is 1. The Bertz CT molecular complexity index is 580. The van der Waals surface area contributed by atoms with Gasteiger partial charge in [-0.1, -0.05) is 18.2 Å². The van der Waals surface area contributed by atoms with Crippen LogP contribution in [0.25, 0.3) is 0 Å². The first-order chi connectivity index (χ1) is 8.79. The number of hydrogen-bond acceptors (Lipinski definition) is 2. The van der Waals surface area contributed by atoms with Gasteiger partial charge in [0.05, 0.1) is 0 Å². The standard InChI is InChI=1S/C15H15ClN2/c1-11-8-12(9-16)10-17-15(11)18-7-6-13-4-2-3-5-14(13)18/h2-5,8,10H,6-7,9H2,1H3. The van der Waals surface area contributed by atoms with E-state index >= 15 is 0 Å². The van der Waals surface area contributed by atoms with Crippen LogP contribution in [0.3, 0.4) is 0 Å². The molecule has 0 bridgehead atoms. The molecule has 1 aromatic carbocycles. The first-order valence-corrected chi connectivity index (χ1v) is 6.70. The Kier molecular flexibility index (Phi) is 2.96. The van der Waals surface area contributed by atoms with Crippen LogP contribution in [0, 0.1) is 6.92 Å². The number of rotatable bonds is 2. The number of hydrogen-bond donors (Lipinski definition) is 0. The molecule has 0 radical (unpaired) electrons. The zero-order valence-electron chi connectivity index (χ0n) is 10.4. The maximum absolute atomic E-state index is 5.84. The predicted molar refractivity (Wildman–Crippen MR) is 75.7 cm³/mol. The summed E-state index contributed by atoms with van der Waals surface area (Å²) in [5, 5.41) is 0. The summed E-state index contributed by atoms with van der Waals surface area (Å²) in [6.07, 6.45) is 2.96. The van der Waals surface area contributed by atoms with Crippen molar-refractivity contribution in [3.8, 4) is 0 Å². The van der Waals surface area contributed by atoms with Crippen molar-refractivity contribution in [2.24, 2.45) is 0 Å². The Labute approximate surface area is 112 Å². The van der Waals surface area contributed by atoms with Gasteiger partial charge in [-0.2, -0.15) is 0 Å². The second-order valence-corrected chi connectivity index (χ2v) is 4.92. The molecule has 1 aromatic heterocycles. The highest BCUT2D eigenvalue weighted by Gasteiger charge is 2.21. The smallest absolute Gasteiger partial charge is 0.135 e. The van der Waals surface area contributed by atoms with Gasteiger partial charge in [0, 0.05) is 24.3 Å². The van der Waals surface area contributed by atoms with Gasteiger partial charge < -0.3 is 4.90 Å². The van der Waals surface area contributed by atoms with Crippen LogP contribution in [0.1, 0.15) is 16.7 Å². The molecule has 0 spiro atoms. The minimum absolute atomic E-state index is 0.519. The first kappa shape index (κ1) is 11.5. The van der Waals surface area contributed by atoms with E-state index in [9.17, 15) is 0 Å². The quantitative estimate of drug-likeness (QED) is 0.762. The Morgan fingerprint density at radius 3 is 2.94 bits per heavy atom. The molecule has 2 nitrogen and oxygen atoms in total. The van der Waals surface area contributed by atoms with Crippen molar-refractivity contribution in [3.05, 3.63) is 53.2 Å². The average molecular weight is 259 g/mol. The van der Waals surface area contributed by atoms with E-state index in [4.69, 9.17) is 11.6 Å². The number of nitrogens with zero attached hydrogens (tertiary/aromatic N) is 2. The van der Waals surface area contributed by atoms with Crippen LogP contribution in [0.15, 0.2) is 36.5 Å². The third-order valence-electron chi connectivity index (χ3n) is 3.40. The fraction of sp³-hybridized carbons (Fsp3) is 0.267. The lowest BCUT2D eigenvalue weighted by atomic mass is 10.1. The van der Waals surface area contributed by atoms with E-state index in [2.05, 4.69) is 47.1 Å². The highest BCUT2D eigenvalue weighted by molar-refractivity contribution is 6.17. The Balaban J connectivity index is 2.02. The van der Waals surface area contributed by atoms with E-state index in [0.29, 0.717) is 5.88 Å². The molecule has 1 aliphatic heterocycles. The summed E-state index contributed by atoms with van der Waals surface area (Å²) in [5.41, 5.74) is 4.95. The fourth-order valence-corrected chi connectivity index (χ4v) is 2.69. The average Bonchev–Trinajstić information content (AvgIpc) is 2.82. The molecule has 2 aromatic rings. The van der Waals surface area contributed by atoms with Crippen molar-refractivity contribution in [3.63, 3.8) is 0 Å². The molecule has 3 rings (SSSR count). The molecule has 0 saturated carbocycles. The number of fused-ring (bicyclic) bond motifs is 1. The van der Waals surface area contributed by atoms with Gasteiger partial charge in [-0.05, 0) is 42.2 Å². The molecule has 92 valence electrons. The highest BCUT2D eigenvalue weighted by Crippen LogP contribution is 2.34. The summed E-state index contributed by atoms with van der Waals surface area (Å²) in [6.45, 7) is 3.10. The van der Waals surface area contributed by atoms with Crippen molar-refractivity contribution in [2.75, 3.05) is 11.4 Å². The van der Waals surface area contributed by atoms with Gasteiger partial charge in [0.15, 0.2) is 0 Å². The van der Waals surface area contributed by atoms with Crippen molar-refractivity contribution in [1.29, 1.82) is 0 Å². The summed E-state index contributed by atoms with van der Waals surface area (Å²) in [7, 11) is 0. The second kappa shape index (κ2) is 4.62. The van der Waals surface area contributed by atoms with Gasteiger partial charge in [0.2, 0.25) is 0 Å². The summed E-state index contributed by atoms with van der Waals surface area (Å²) in [6, 6.07) is 10.7. The van der Waals surface area contributed by atoms with E-state index in [1.54, 1.807) is 0 Å². The molecule has 2 heterocycles. The van der Waals surface area contributed by atoms with Gasteiger partial charge >= 0.3 is 0 Å². The van der Waals surface area contributed by atoms with E-state index in [1.807, 2.05) is 6.20 Å². The van der Waals surface area contributed by atoms with E-state index < -0.39 is 0 Å². The Morgan fingerprint density at radius 2 is 2.17 bits per heavy atom. The molecule has 1 aliphatic rings. The van der Waals surface area contributed by atoms with E-state index in [1.165, 1.54) is 16.8 Å². The lowest BCUT2D eigenvalue weighted by Crippen LogP contribution is -2.16. The van der Waals surface area contributed by atoms with Crippen molar-refractivity contribution in [2.45, 2.75) is 19.2 Å². The summed E-state index contributed by atoms with van der Waals surface area (Å²) >= 11 is 5.84. The molecule has 0 saturated heterocycles. The molecule has 0 fully saturated rings. The molecular formula is C15H15ClN2. The molecule has 18 heavy (non-hydrogen) atoms. The van der Waals surface area contributed by atoms with Crippen LogP contribution in [0.2, 0.25) is 0 Å². The van der Waals surface area contributed by atoms with E-state index in [-0.39, 0.29) is 0 Å². The lowest BCUT2D eigenvalue weighted by Gasteiger charge is -2.20. The third kappa shape index (κ3) is 1.87. The number of halogens is 1. The molecule has 0 unspecified atom stereocenters. The topological polar surface area (TPSA) is 16.1 Å². The zero-order valence-corrected chi connectivity index (χ0v) is 11.1. The molecule has 3 heteroatoms. The van der Waals surface area contributed by atoms with Crippen LogP contribution in [0.4, 0.5) is 11.5 Å². The largest absolute Gasteiger partial charge is 0.326 e. The maximum Gasteiger partial charge on any atom is 0.135 e.